The van der Waals surface area contributed by atoms with Crippen LogP contribution >= 0.6 is 0 Å². The topological polar surface area (TPSA) is 95.9 Å². The van der Waals surface area contributed by atoms with Crippen molar-refractivity contribution in [2.24, 2.45) is 0 Å². The first-order chi connectivity index (χ1) is 14.2. The number of hydrogen-bond acceptors (Lipinski definition) is 5. The zero-order chi connectivity index (χ0) is 19.8. The fourth-order valence-electron chi connectivity index (χ4n) is 3.72. The van der Waals surface area contributed by atoms with Crippen LogP contribution < -0.4 is 15.8 Å². The first kappa shape index (κ1) is 17.7. The molecule has 5 rings (SSSR count). The summed E-state index contributed by atoms with van der Waals surface area (Å²) in [5.41, 5.74) is 1.79. The zero-order valence-electron chi connectivity index (χ0n) is 15.9. The molecule has 0 radical (unpaired) electrons. The van der Waals surface area contributed by atoms with Gasteiger partial charge in [0.15, 0.2) is 0 Å². The van der Waals surface area contributed by atoms with Crippen molar-refractivity contribution >= 4 is 11.9 Å². The van der Waals surface area contributed by atoms with Crippen LogP contribution in [0.15, 0.2) is 53.5 Å². The van der Waals surface area contributed by atoms with Crippen LogP contribution in [0.2, 0.25) is 0 Å². The number of amides is 1. The Morgan fingerprint density at radius 2 is 1.97 bits per heavy atom. The number of rotatable bonds is 5. The number of anilines is 1. The van der Waals surface area contributed by atoms with E-state index in [1.165, 1.54) is 23.6 Å². The highest BCUT2D eigenvalue weighted by Gasteiger charge is 2.29. The lowest BCUT2D eigenvalue weighted by atomic mass is 10.2. The molecule has 1 saturated heterocycles. The van der Waals surface area contributed by atoms with E-state index in [2.05, 4.69) is 25.3 Å². The van der Waals surface area contributed by atoms with Crippen LogP contribution in [0.5, 0.6) is 0 Å². The second-order valence-corrected chi connectivity index (χ2v) is 7.64. The molecule has 0 spiro atoms. The lowest BCUT2D eigenvalue weighted by Gasteiger charge is -2.17. The van der Waals surface area contributed by atoms with Crippen LogP contribution in [0.25, 0.3) is 5.69 Å². The third kappa shape index (κ3) is 3.65. The Kier molecular flexibility index (Phi) is 4.38. The summed E-state index contributed by atoms with van der Waals surface area (Å²) in [7, 11) is 0. The average molecular weight is 390 g/mol. The van der Waals surface area contributed by atoms with Gasteiger partial charge in [0.05, 0.1) is 5.69 Å². The van der Waals surface area contributed by atoms with Gasteiger partial charge in [-0.2, -0.15) is 0 Å². The van der Waals surface area contributed by atoms with Gasteiger partial charge in [0.25, 0.3) is 11.5 Å². The van der Waals surface area contributed by atoms with E-state index in [1.807, 2.05) is 42.6 Å². The molecule has 8 heteroatoms. The van der Waals surface area contributed by atoms with Gasteiger partial charge in [0.1, 0.15) is 5.69 Å². The van der Waals surface area contributed by atoms with Crippen molar-refractivity contribution < 1.29 is 4.79 Å². The van der Waals surface area contributed by atoms with Crippen molar-refractivity contribution in [2.75, 3.05) is 18.0 Å². The molecule has 3 heterocycles. The number of carbonyl (C=O) groups excluding carboxylic acids is 1. The summed E-state index contributed by atoms with van der Waals surface area (Å²) in [5, 5.41) is 5.91. The van der Waals surface area contributed by atoms with Crippen molar-refractivity contribution in [3.8, 4) is 5.69 Å². The molecular weight excluding hydrogens is 368 g/mol. The number of aromatic amines is 1. The molecule has 1 amide bonds. The molecule has 2 aliphatic rings. The van der Waals surface area contributed by atoms with Crippen LogP contribution in [-0.4, -0.2) is 44.8 Å². The minimum Gasteiger partial charge on any atom is -0.346 e. The Labute approximate surface area is 167 Å². The van der Waals surface area contributed by atoms with Crippen molar-refractivity contribution in [3.05, 3.63) is 70.4 Å². The number of nitrogens with zero attached hydrogens (tertiary/aromatic N) is 4. The molecule has 0 bridgehead atoms. The molecule has 1 atom stereocenters. The van der Waals surface area contributed by atoms with E-state index >= 15 is 0 Å². The van der Waals surface area contributed by atoms with Gasteiger partial charge in [-0.25, -0.2) is 14.6 Å². The minimum atomic E-state index is -0.281. The zero-order valence-corrected chi connectivity index (χ0v) is 15.9. The molecule has 148 valence electrons. The Bertz CT molecular complexity index is 1090. The highest BCUT2D eigenvalue weighted by molar-refractivity contribution is 5.92. The van der Waals surface area contributed by atoms with Crippen molar-refractivity contribution in [1.29, 1.82) is 0 Å². The molecule has 2 fully saturated rings. The smallest absolute Gasteiger partial charge is 0.271 e. The fourth-order valence-corrected chi connectivity index (χ4v) is 3.72. The van der Waals surface area contributed by atoms with Gasteiger partial charge >= 0.3 is 0 Å². The Hall–Kier alpha value is -3.42. The number of benzene rings is 1. The summed E-state index contributed by atoms with van der Waals surface area (Å²) < 4.78 is 1.37. The predicted molar refractivity (Wildman–Crippen MR) is 108 cm³/mol. The quantitative estimate of drug-likeness (QED) is 0.693. The molecule has 1 aliphatic carbocycles. The van der Waals surface area contributed by atoms with Gasteiger partial charge in [0.2, 0.25) is 5.95 Å². The standard InChI is InChI=1S/C21H22N6O2/c28-19-12-18(25-27(19)16-4-2-1-3-5-16)20(29)23-15-9-11-26(13-15)21-22-10-8-17(24-21)14-6-7-14/h1-5,8,10,12,14-15,25H,6-7,9,11,13H2,(H,23,29). The van der Waals surface area contributed by atoms with Gasteiger partial charge in [-0.1, -0.05) is 18.2 Å². The van der Waals surface area contributed by atoms with Crippen molar-refractivity contribution in [2.45, 2.75) is 31.2 Å². The first-order valence-electron chi connectivity index (χ1n) is 9.93. The normalized spacial score (nSPS) is 18.8. The Morgan fingerprint density at radius 3 is 2.76 bits per heavy atom. The van der Waals surface area contributed by atoms with Gasteiger partial charge in [-0.3, -0.25) is 14.7 Å². The van der Waals surface area contributed by atoms with Crippen molar-refractivity contribution in [1.82, 2.24) is 25.1 Å². The van der Waals surface area contributed by atoms with Gasteiger partial charge in [-0.05, 0) is 37.5 Å². The van der Waals surface area contributed by atoms with Crippen LogP contribution in [0.4, 0.5) is 5.95 Å². The molecule has 2 N–H and O–H groups in total. The highest BCUT2D eigenvalue weighted by atomic mass is 16.2. The summed E-state index contributed by atoms with van der Waals surface area (Å²) in [6.07, 6.45) is 5.04. The summed E-state index contributed by atoms with van der Waals surface area (Å²) in [6, 6.07) is 12.5. The predicted octanol–water partition coefficient (Wildman–Crippen LogP) is 1.84. The van der Waals surface area contributed by atoms with E-state index in [0.29, 0.717) is 18.2 Å². The summed E-state index contributed by atoms with van der Waals surface area (Å²) >= 11 is 0. The number of carbonyl (C=O) groups is 1. The van der Waals surface area contributed by atoms with E-state index in [4.69, 9.17) is 0 Å². The van der Waals surface area contributed by atoms with Crippen LogP contribution in [0.3, 0.4) is 0 Å². The van der Waals surface area contributed by atoms with Gasteiger partial charge < -0.3 is 10.2 Å². The largest absolute Gasteiger partial charge is 0.346 e. The monoisotopic (exact) mass is 390 g/mol. The van der Waals surface area contributed by atoms with Gasteiger partial charge in [-0.15, -0.1) is 0 Å². The third-order valence-electron chi connectivity index (χ3n) is 5.45. The molecule has 1 unspecified atom stereocenters. The number of nitrogens with one attached hydrogen (secondary N) is 2. The molecular formula is C21H22N6O2. The van der Waals surface area contributed by atoms with Crippen LogP contribution in [0, 0.1) is 0 Å². The SMILES string of the molecule is O=C(NC1CCN(c2nccc(C3CC3)n2)C1)c1cc(=O)n(-c2ccccc2)[nH]1. The van der Waals surface area contributed by atoms with E-state index < -0.39 is 0 Å². The lowest BCUT2D eigenvalue weighted by molar-refractivity contribution is 0.0935. The maximum absolute atomic E-state index is 12.6. The number of hydrogen-bond donors (Lipinski definition) is 2. The summed E-state index contributed by atoms with van der Waals surface area (Å²) in [4.78, 5) is 36.1. The molecule has 1 saturated carbocycles. The van der Waals surface area contributed by atoms with E-state index in [1.54, 1.807) is 0 Å². The van der Waals surface area contributed by atoms with E-state index in [-0.39, 0.29) is 23.2 Å². The number of H-pyrrole nitrogens is 1. The second-order valence-electron chi connectivity index (χ2n) is 7.64. The maximum Gasteiger partial charge on any atom is 0.271 e. The molecule has 29 heavy (non-hydrogen) atoms. The van der Waals surface area contributed by atoms with Crippen LogP contribution in [-0.2, 0) is 0 Å². The molecule has 1 aliphatic heterocycles. The first-order valence-corrected chi connectivity index (χ1v) is 9.93. The number of aromatic nitrogens is 4. The van der Waals surface area contributed by atoms with Crippen molar-refractivity contribution in [3.63, 3.8) is 0 Å². The highest BCUT2D eigenvalue weighted by Crippen LogP contribution is 2.39. The molecule has 1 aromatic carbocycles. The summed E-state index contributed by atoms with van der Waals surface area (Å²) in [5.74, 6) is 1.03. The number of para-hydroxylation sites is 1. The molecule has 3 aromatic rings. The summed E-state index contributed by atoms with van der Waals surface area (Å²) in [6.45, 7) is 1.45. The maximum atomic E-state index is 12.6. The van der Waals surface area contributed by atoms with E-state index in [9.17, 15) is 9.59 Å². The third-order valence-corrected chi connectivity index (χ3v) is 5.45. The van der Waals surface area contributed by atoms with E-state index in [0.717, 1.165) is 24.6 Å². The minimum absolute atomic E-state index is 0.0146. The molecule has 2 aromatic heterocycles. The second kappa shape index (κ2) is 7.20. The van der Waals surface area contributed by atoms with Gasteiger partial charge in [0, 0.05) is 43.0 Å². The Morgan fingerprint density at radius 1 is 1.14 bits per heavy atom. The van der Waals surface area contributed by atoms with Crippen LogP contribution in [0.1, 0.15) is 41.4 Å². The molecule has 8 nitrogen and oxygen atoms in total. The fraction of sp³-hybridized carbons (Fsp3) is 0.333. The average Bonchev–Trinajstić information content (AvgIpc) is 3.38. The lowest BCUT2D eigenvalue weighted by Crippen LogP contribution is -2.37. The Balaban J connectivity index is 1.25.